The summed E-state index contributed by atoms with van der Waals surface area (Å²) < 4.78 is 28.1. The quantitative estimate of drug-likeness (QED) is 0.475. The Morgan fingerprint density at radius 2 is 1.59 bits per heavy atom. The molecular formula is C23H28FN3O4S. The van der Waals surface area contributed by atoms with Crippen LogP contribution in [0.3, 0.4) is 0 Å². The summed E-state index contributed by atoms with van der Waals surface area (Å²) in [5.41, 5.74) is 1.31. The molecule has 1 N–H and O–H groups in total. The molecule has 1 fully saturated rings. The van der Waals surface area contributed by atoms with E-state index in [1.165, 1.54) is 26.4 Å². The average Bonchev–Trinajstić information content (AvgIpc) is 2.83. The molecule has 7 nitrogen and oxygen atoms in total. The number of nitrogens with zero attached hydrogens (tertiary/aromatic N) is 2. The van der Waals surface area contributed by atoms with Gasteiger partial charge in [-0.25, -0.2) is 4.39 Å². The molecule has 1 aliphatic rings. The van der Waals surface area contributed by atoms with Crippen molar-refractivity contribution in [2.75, 3.05) is 50.9 Å². The zero-order chi connectivity index (χ0) is 23.1. The Morgan fingerprint density at radius 1 is 0.969 bits per heavy atom. The van der Waals surface area contributed by atoms with Gasteiger partial charge in [-0.2, -0.15) is 0 Å². The highest BCUT2D eigenvalue weighted by atomic mass is 32.2. The Morgan fingerprint density at radius 3 is 2.19 bits per heavy atom. The lowest BCUT2D eigenvalue weighted by Gasteiger charge is -2.35. The molecule has 0 atom stereocenters. The molecule has 0 bridgehead atoms. The maximum atomic E-state index is 14.5. The van der Waals surface area contributed by atoms with Crippen LogP contribution < -0.4 is 14.2 Å². The highest BCUT2D eigenvalue weighted by Gasteiger charge is 2.28. The number of carbonyl (C=O) groups is 2. The van der Waals surface area contributed by atoms with Crippen molar-refractivity contribution in [1.82, 2.24) is 9.80 Å². The van der Waals surface area contributed by atoms with Crippen LogP contribution in [0.1, 0.15) is 34.1 Å². The van der Waals surface area contributed by atoms with Gasteiger partial charge in [0.05, 0.1) is 25.3 Å². The number of anilines is 1. The van der Waals surface area contributed by atoms with E-state index < -0.39 is 11.7 Å². The molecule has 172 valence electrons. The highest BCUT2D eigenvalue weighted by molar-refractivity contribution is 8.00. The first-order valence-corrected chi connectivity index (χ1v) is 11.5. The number of ether oxygens (including phenoxy) is 2. The fraction of sp³-hybridized carbons (Fsp3) is 0.391. The molecule has 2 amide bonds. The van der Waals surface area contributed by atoms with E-state index in [4.69, 9.17) is 9.47 Å². The molecule has 1 aliphatic heterocycles. The normalized spacial score (nSPS) is 13.6. The number of benzene rings is 2. The minimum Gasteiger partial charge on any atom is -0.496 e. The first kappa shape index (κ1) is 23.7. The van der Waals surface area contributed by atoms with Crippen LogP contribution >= 0.6 is 11.9 Å². The lowest BCUT2D eigenvalue weighted by atomic mass is 10.1. The maximum absolute atomic E-state index is 14.5. The summed E-state index contributed by atoms with van der Waals surface area (Å²) in [5, 5.41) is 0. The van der Waals surface area contributed by atoms with Crippen LogP contribution in [0.25, 0.3) is 0 Å². The van der Waals surface area contributed by atoms with Gasteiger partial charge in [-0.15, -0.1) is 0 Å². The molecular weight excluding hydrogens is 433 g/mol. The number of hydrogen-bond acceptors (Lipinski definition) is 6. The Labute approximate surface area is 192 Å². The Kier molecular flexibility index (Phi) is 8.21. The summed E-state index contributed by atoms with van der Waals surface area (Å²) in [6.45, 7) is 3.45. The zero-order valence-electron chi connectivity index (χ0n) is 18.5. The number of carbonyl (C=O) groups excluding carboxylic acids is 2. The lowest BCUT2D eigenvalue weighted by Crippen LogP contribution is -2.50. The minimum atomic E-state index is -0.672. The van der Waals surface area contributed by atoms with Crippen LogP contribution in [0.15, 0.2) is 36.4 Å². The molecule has 0 radical (unpaired) electrons. The van der Waals surface area contributed by atoms with Crippen LogP contribution in [0.5, 0.6) is 11.5 Å². The molecule has 2 aromatic rings. The second-order valence-corrected chi connectivity index (χ2v) is 8.17. The monoisotopic (exact) mass is 461 g/mol. The molecule has 32 heavy (non-hydrogen) atoms. The van der Waals surface area contributed by atoms with E-state index in [1.807, 2.05) is 6.07 Å². The van der Waals surface area contributed by atoms with E-state index in [9.17, 15) is 14.0 Å². The van der Waals surface area contributed by atoms with Gasteiger partial charge in [0.1, 0.15) is 5.75 Å². The summed E-state index contributed by atoms with van der Waals surface area (Å²) in [5.74, 6) is 0.261. The lowest BCUT2D eigenvalue weighted by molar-refractivity contribution is 0.0530. The molecule has 0 unspecified atom stereocenters. The molecule has 0 saturated carbocycles. The molecule has 9 heteroatoms. The second kappa shape index (κ2) is 11.1. The van der Waals surface area contributed by atoms with Gasteiger partial charge < -0.3 is 24.0 Å². The van der Waals surface area contributed by atoms with E-state index in [0.717, 1.165) is 17.9 Å². The third-order valence-electron chi connectivity index (χ3n) is 5.20. The van der Waals surface area contributed by atoms with Gasteiger partial charge in [0.25, 0.3) is 11.8 Å². The summed E-state index contributed by atoms with van der Waals surface area (Å²) in [4.78, 5) is 29.1. The largest absolute Gasteiger partial charge is 0.496 e. The number of rotatable bonds is 8. The molecule has 0 aromatic heterocycles. The number of piperazine rings is 1. The van der Waals surface area contributed by atoms with Crippen LogP contribution in [0.4, 0.5) is 10.1 Å². The number of amides is 2. The minimum absolute atomic E-state index is 0.0304. The molecule has 0 spiro atoms. The summed E-state index contributed by atoms with van der Waals surface area (Å²) in [6.07, 6.45) is 1.06. The SMILES string of the molecule is CCCSNc1ccc(C(=O)N2CCN(C(=O)c3cccc(OC)c3F)CC2)c(OC)c1. The van der Waals surface area contributed by atoms with Crippen molar-refractivity contribution < 1.29 is 23.5 Å². The van der Waals surface area contributed by atoms with Crippen molar-refractivity contribution in [2.45, 2.75) is 13.3 Å². The second-order valence-electron chi connectivity index (χ2n) is 7.27. The highest BCUT2D eigenvalue weighted by Crippen LogP contribution is 2.27. The molecule has 0 aliphatic carbocycles. The fourth-order valence-corrected chi connectivity index (χ4v) is 4.05. The van der Waals surface area contributed by atoms with Gasteiger partial charge in [-0.1, -0.05) is 24.9 Å². The van der Waals surface area contributed by atoms with Crippen molar-refractivity contribution in [2.24, 2.45) is 0 Å². The summed E-state index contributed by atoms with van der Waals surface area (Å²) in [6, 6.07) is 9.90. The van der Waals surface area contributed by atoms with E-state index in [-0.39, 0.29) is 17.2 Å². The van der Waals surface area contributed by atoms with E-state index in [0.29, 0.717) is 37.5 Å². The van der Waals surface area contributed by atoms with Gasteiger partial charge in [0.15, 0.2) is 11.6 Å². The smallest absolute Gasteiger partial charge is 0.257 e. The molecule has 1 heterocycles. The van der Waals surface area contributed by atoms with Crippen LogP contribution in [-0.4, -0.2) is 67.8 Å². The van der Waals surface area contributed by atoms with E-state index in [1.54, 1.807) is 39.9 Å². The van der Waals surface area contributed by atoms with Gasteiger partial charge in [0, 0.05) is 43.7 Å². The van der Waals surface area contributed by atoms with Crippen LogP contribution in [0.2, 0.25) is 0 Å². The predicted octanol–water partition coefficient (Wildman–Crippen LogP) is 3.91. The van der Waals surface area contributed by atoms with Crippen LogP contribution in [0, 0.1) is 5.82 Å². The van der Waals surface area contributed by atoms with Crippen LogP contribution in [-0.2, 0) is 0 Å². The maximum Gasteiger partial charge on any atom is 0.257 e. The molecule has 2 aromatic carbocycles. The van der Waals surface area contributed by atoms with E-state index in [2.05, 4.69) is 11.6 Å². The topological polar surface area (TPSA) is 71.1 Å². The number of halogens is 1. The van der Waals surface area contributed by atoms with Crippen molar-refractivity contribution in [3.8, 4) is 11.5 Å². The number of nitrogens with one attached hydrogen (secondary N) is 1. The van der Waals surface area contributed by atoms with Gasteiger partial charge in [-0.05, 0) is 30.7 Å². The Bertz CT molecular complexity index is 964. The number of hydrogen-bond donors (Lipinski definition) is 1. The first-order valence-electron chi connectivity index (χ1n) is 10.5. The zero-order valence-corrected chi connectivity index (χ0v) is 19.3. The summed E-state index contributed by atoms with van der Waals surface area (Å²) in [7, 11) is 2.90. The first-order chi connectivity index (χ1) is 15.5. The van der Waals surface area contributed by atoms with Gasteiger partial charge >= 0.3 is 0 Å². The van der Waals surface area contributed by atoms with Gasteiger partial charge in [-0.3, -0.25) is 9.59 Å². The third-order valence-corrected chi connectivity index (χ3v) is 6.19. The number of methoxy groups -OCH3 is 2. The van der Waals surface area contributed by atoms with Crippen molar-refractivity contribution in [1.29, 1.82) is 0 Å². The Hall–Kier alpha value is -2.94. The predicted molar refractivity (Wildman–Crippen MR) is 124 cm³/mol. The van der Waals surface area contributed by atoms with Crippen molar-refractivity contribution in [3.05, 3.63) is 53.3 Å². The third kappa shape index (κ3) is 5.27. The standard InChI is InChI=1S/C23H28FN3O4S/c1-4-14-32-25-16-8-9-17(20(15-16)31-3)22(28)26-10-12-27(13-11-26)23(29)18-6-5-7-19(30-2)21(18)24/h5-9,15,25H,4,10-14H2,1-3H3. The van der Waals surface area contributed by atoms with Crippen molar-refractivity contribution >= 4 is 29.4 Å². The molecule has 3 rings (SSSR count). The average molecular weight is 462 g/mol. The summed E-state index contributed by atoms with van der Waals surface area (Å²) >= 11 is 1.60. The molecule has 1 saturated heterocycles. The Balaban J connectivity index is 1.65. The van der Waals surface area contributed by atoms with Crippen molar-refractivity contribution in [3.63, 3.8) is 0 Å². The van der Waals surface area contributed by atoms with E-state index >= 15 is 0 Å². The fourth-order valence-electron chi connectivity index (χ4n) is 3.45. The van der Waals surface area contributed by atoms with Gasteiger partial charge in [0.2, 0.25) is 0 Å².